The van der Waals surface area contributed by atoms with Crippen molar-refractivity contribution < 1.29 is 4.74 Å². The summed E-state index contributed by atoms with van der Waals surface area (Å²) < 4.78 is 6.04. The summed E-state index contributed by atoms with van der Waals surface area (Å²) in [4.78, 5) is 0. The van der Waals surface area contributed by atoms with Gasteiger partial charge in [0.2, 0.25) is 0 Å². The Kier molecular flexibility index (Phi) is 3.90. The van der Waals surface area contributed by atoms with Gasteiger partial charge in [0.1, 0.15) is 0 Å². The van der Waals surface area contributed by atoms with E-state index in [4.69, 9.17) is 4.74 Å². The minimum absolute atomic E-state index is 0.425. The molecule has 2 saturated carbocycles. The smallest absolute Gasteiger partial charge is 0.0758 e. The molecule has 2 nitrogen and oxygen atoms in total. The summed E-state index contributed by atoms with van der Waals surface area (Å²) >= 11 is 0. The van der Waals surface area contributed by atoms with Crippen LogP contribution in [-0.4, -0.2) is 25.8 Å². The number of nitrogens with one attached hydrogen (secondary N) is 1. The van der Waals surface area contributed by atoms with Gasteiger partial charge in [0.25, 0.3) is 0 Å². The average Bonchev–Trinajstić information content (AvgIpc) is 3.33. The van der Waals surface area contributed by atoms with E-state index in [1.165, 1.54) is 24.8 Å². The maximum absolute atomic E-state index is 6.04. The number of hydrogen-bond donors (Lipinski definition) is 1. The Morgan fingerprint density at radius 3 is 2.58 bits per heavy atom. The van der Waals surface area contributed by atoms with Crippen LogP contribution in [0.25, 0.3) is 0 Å². The van der Waals surface area contributed by atoms with Crippen LogP contribution in [0.4, 0.5) is 0 Å². The number of hydrogen-bond acceptors (Lipinski definition) is 2. The SMILES string of the molecule is CCOC(C1CC1)C(NC)C1CC1c1ccccc1. The van der Waals surface area contributed by atoms with Gasteiger partial charge in [-0.05, 0) is 56.6 Å². The first-order chi connectivity index (χ1) is 9.35. The third-order valence-corrected chi connectivity index (χ3v) is 4.66. The van der Waals surface area contributed by atoms with E-state index in [1.807, 2.05) is 0 Å². The molecule has 0 radical (unpaired) electrons. The summed E-state index contributed by atoms with van der Waals surface area (Å²) in [5.74, 6) is 2.29. The van der Waals surface area contributed by atoms with Gasteiger partial charge in [-0.3, -0.25) is 0 Å². The fraction of sp³-hybridized carbons (Fsp3) is 0.647. The second-order valence-corrected chi connectivity index (χ2v) is 5.99. The molecule has 104 valence electrons. The van der Waals surface area contributed by atoms with Gasteiger partial charge in [-0.2, -0.15) is 0 Å². The Bertz CT molecular complexity index is 401. The predicted octanol–water partition coefficient (Wildman–Crippen LogP) is 3.19. The van der Waals surface area contributed by atoms with Crippen LogP contribution < -0.4 is 5.32 Å². The molecule has 0 heterocycles. The second kappa shape index (κ2) is 5.64. The third-order valence-electron chi connectivity index (χ3n) is 4.66. The summed E-state index contributed by atoms with van der Waals surface area (Å²) in [7, 11) is 2.10. The Balaban J connectivity index is 1.67. The lowest BCUT2D eigenvalue weighted by Crippen LogP contribution is -2.43. The highest BCUT2D eigenvalue weighted by molar-refractivity contribution is 5.27. The van der Waals surface area contributed by atoms with Crippen LogP contribution in [-0.2, 0) is 4.74 Å². The van der Waals surface area contributed by atoms with Crippen molar-refractivity contribution in [3.05, 3.63) is 35.9 Å². The molecule has 2 heteroatoms. The first kappa shape index (κ1) is 13.1. The van der Waals surface area contributed by atoms with Crippen LogP contribution in [0.15, 0.2) is 30.3 Å². The zero-order chi connectivity index (χ0) is 13.2. The monoisotopic (exact) mass is 259 g/mol. The maximum Gasteiger partial charge on any atom is 0.0758 e. The van der Waals surface area contributed by atoms with Crippen LogP contribution in [0.2, 0.25) is 0 Å². The van der Waals surface area contributed by atoms with E-state index in [0.29, 0.717) is 12.1 Å². The van der Waals surface area contributed by atoms with Crippen LogP contribution in [0, 0.1) is 11.8 Å². The Labute approximate surface area is 116 Å². The second-order valence-electron chi connectivity index (χ2n) is 5.99. The first-order valence-corrected chi connectivity index (χ1v) is 7.69. The molecule has 0 aromatic heterocycles. The molecule has 2 aliphatic carbocycles. The molecule has 0 spiro atoms. The molecular formula is C17H25NO. The fourth-order valence-corrected chi connectivity index (χ4v) is 3.47. The van der Waals surface area contributed by atoms with Crippen molar-refractivity contribution in [2.45, 2.75) is 44.2 Å². The molecular weight excluding hydrogens is 234 g/mol. The lowest BCUT2D eigenvalue weighted by Gasteiger charge is -2.27. The van der Waals surface area contributed by atoms with Crippen molar-refractivity contribution in [2.24, 2.45) is 11.8 Å². The topological polar surface area (TPSA) is 21.3 Å². The molecule has 4 atom stereocenters. The maximum atomic E-state index is 6.04. The molecule has 3 rings (SSSR count). The molecule has 0 aliphatic heterocycles. The molecule has 4 unspecified atom stereocenters. The van der Waals surface area contributed by atoms with Gasteiger partial charge in [-0.15, -0.1) is 0 Å². The summed E-state index contributed by atoms with van der Waals surface area (Å²) in [6, 6.07) is 11.5. The Morgan fingerprint density at radius 1 is 1.26 bits per heavy atom. The molecule has 1 aromatic carbocycles. The normalized spacial score (nSPS) is 28.9. The number of rotatable bonds is 7. The van der Waals surface area contributed by atoms with Crippen molar-refractivity contribution in [3.63, 3.8) is 0 Å². The average molecular weight is 259 g/mol. The quantitative estimate of drug-likeness (QED) is 0.812. The van der Waals surface area contributed by atoms with Gasteiger partial charge in [-0.1, -0.05) is 30.3 Å². The number of benzene rings is 1. The highest BCUT2D eigenvalue weighted by Crippen LogP contribution is 2.52. The van der Waals surface area contributed by atoms with E-state index in [2.05, 4.69) is 49.6 Å². The van der Waals surface area contributed by atoms with Gasteiger partial charge < -0.3 is 10.1 Å². The Hall–Kier alpha value is -0.860. The van der Waals surface area contributed by atoms with Crippen LogP contribution in [0.5, 0.6) is 0 Å². The largest absolute Gasteiger partial charge is 0.377 e. The number of ether oxygens (including phenoxy) is 1. The highest BCUT2D eigenvalue weighted by Gasteiger charge is 2.49. The van der Waals surface area contributed by atoms with E-state index in [1.54, 1.807) is 0 Å². The molecule has 1 N–H and O–H groups in total. The molecule has 0 saturated heterocycles. The minimum Gasteiger partial charge on any atom is -0.377 e. The van der Waals surface area contributed by atoms with Gasteiger partial charge in [0.05, 0.1) is 6.10 Å². The standard InChI is InChI=1S/C17H25NO/c1-3-19-17(13-9-10-13)16(18-2)15-11-14(15)12-7-5-4-6-8-12/h4-8,13-18H,3,9-11H2,1-2H3. The van der Waals surface area contributed by atoms with Gasteiger partial charge in [-0.25, -0.2) is 0 Å². The molecule has 0 bridgehead atoms. The molecule has 19 heavy (non-hydrogen) atoms. The molecule has 1 aromatic rings. The predicted molar refractivity (Wildman–Crippen MR) is 78.3 cm³/mol. The van der Waals surface area contributed by atoms with Crippen LogP contribution in [0.3, 0.4) is 0 Å². The zero-order valence-corrected chi connectivity index (χ0v) is 12.0. The van der Waals surface area contributed by atoms with Gasteiger partial charge >= 0.3 is 0 Å². The summed E-state index contributed by atoms with van der Waals surface area (Å²) in [5, 5.41) is 3.54. The molecule has 0 amide bonds. The van der Waals surface area contributed by atoms with Crippen LogP contribution in [0.1, 0.15) is 37.7 Å². The van der Waals surface area contributed by atoms with Crippen LogP contribution >= 0.6 is 0 Å². The minimum atomic E-state index is 0.425. The lowest BCUT2D eigenvalue weighted by atomic mass is 9.98. The van der Waals surface area contributed by atoms with Crippen molar-refractivity contribution >= 4 is 0 Å². The zero-order valence-electron chi connectivity index (χ0n) is 12.0. The Morgan fingerprint density at radius 2 is 2.00 bits per heavy atom. The van der Waals surface area contributed by atoms with Crippen molar-refractivity contribution in [1.82, 2.24) is 5.32 Å². The van der Waals surface area contributed by atoms with E-state index >= 15 is 0 Å². The fourth-order valence-electron chi connectivity index (χ4n) is 3.47. The van der Waals surface area contributed by atoms with Gasteiger partial charge in [0, 0.05) is 12.6 Å². The highest BCUT2D eigenvalue weighted by atomic mass is 16.5. The van der Waals surface area contributed by atoms with Gasteiger partial charge in [0.15, 0.2) is 0 Å². The molecule has 2 aliphatic rings. The van der Waals surface area contributed by atoms with Crippen molar-refractivity contribution in [2.75, 3.05) is 13.7 Å². The van der Waals surface area contributed by atoms with Crippen molar-refractivity contribution in [3.8, 4) is 0 Å². The first-order valence-electron chi connectivity index (χ1n) is 7.69. The third kappa shape index (κ3) is 2.85. The van der Waals surface area contributed by atoms with E-state index in [-0.39, 0.29) is 0 Å². The summed E-state index contributed by atoms with van der Waals surface area (Å²) in [5.41, 5.74) is 1.50. The lowest BCUT2D eigenvalue weighted by molar-refractivity contribution is 0.0149. The van der Waals surface area contributed by atoms with E-state index in [9.17, 15) is 0 Å². The summed E-state index contributed by atoms with van der Waals surface area (Å²) in [6.07, 6.45) is 4.44. The molecule has 2 fully saturated rings. The van der Waals surface area contributed by atoms with Crippen molar-refractivity contribution in [1.29, 1.82) is 0 Å². The summed E-state index contributed by atoms with van der Waals surface area (Å²) in [6.45, 7) is 2.95. The number of likely N-dealkylation sites (N-methyl/N-ethyl adjacent to an activating group) is 1. The van der Waals surface area contributed by atoms with E-state index < -0.39 is 0 Å². The van der Waals surface area contributed by atoms with E-state index in [0.717, 1.165) is 24.4 Å².